The fraction of sp³-hybridized carbons (Fsp3) is 0.167. The third kappa shape index (κ3) is 3.01. The van der Waals surface area contributed by atoms with Crippen molar-refractivity contribution in [2.24, 2.45) is 0 Å². The largest absolute Gasteiger partial charge is 0.465 e. The first-order chi connectivity index (χ1) is 10.7. The van der Waals surface area contributed by atoms with Gasteiger partial charge in [0.25, 0.3) is 0 Å². The summed E-state index contributed by atoms with van der Waals surface area (Å²) in [7, 11) is 1.36. The molecule has 0 amide bonds. The van der Waals surface area contributed by atoms with Gasteiger partial charge in [-0.3, -0.25) is 0 Å². The highest BCUT2D eigenvalue weighted by molar-refractivity contribution is 5.95. The van der Waals surface area contributed by atoms with Crippen LogP contribution in [0.25, 0.3) is 16.6 Å². The third-order valence-corrected chi connectivity index (χ3v) is 3.22. The van der Waals surface area contributed by atoms with Crippen molar-refractivity contribution >= 4 is 16.9 Å². The highest BCUT2D eigenvalue weighted by Crippen LogP contribution is 2.22. The van der Waals surface area contributed by atoms with Crippen LogP contribution in [0.15, 0.2) is 54.7 Å². The van der Waals surface area contributed by atoms with Crippen molar-refractivity contribution in [3.8, 4) is 5.69 Å². The molecule has 0 unspecified atom stereocenters. The average Bonchev–Trinajstić information content (AvgIpc) is 3.00. The molecule has 0 radical (unpaired) electrons. The molecule has 0 atom stereocenters. The van der Waals surface area contributed by atoms with Crippen molar-refractivity contribution in [2.45, 2.75) is 13.8 Å². The summed E-state index contributed by atoms with van der Waals surface area (Å²) in [6, 6.07) is 13.5. The molecule has 4 heteroatoms. The van der Waals surface area contributed by atoms with E-state index in [0.29, 0.717) is 5.56 Å². The number of esters is 1. The molecule has 114 valence electrons. The SMILES string of the molecule is CC.COC(=O)c1ccc2c(ccn2-c2ccc(F)cc2)c1. The lowest BCUT2D eigenvalue weighted by atomic mass is 10.1. The Labute approximate surface area is 128 Å². The summed E-state index contributed by atoms with van der Waals surface area (Å²) in [5.74, 6) is -0.625. The van der Waals surface area contributed by atoms with E-state index < -0.39 is 0 Å². The molecule has 0 spiro atoms. The number of ether oxygens (including phenoxy) is 1. The number of hydrogen-bond acceptors (Lipinski definition) is 2. The Bertz CT molecular complexity index is 775. The number of nitrogens with zero attached hydrogens (tertiary/aromatic N) is 1. The van der Waals surface area contributed by atoms with Crippen molar-refractivity contribution in [1.29, 1.82) is 0 Å². The van der Waals surface area contributed by atoms with Crippen LogP contribution in [0.3, 0.4) is 0 Å². The summed E-state index contributed by atoms with van der Waals surface area (Å²) in [4.78, 5) is 11.5. The predicted octanol–water partition coefficient (Wildman–Crippen LogP) is 4.58. The molecule has 0 aliphatic rings. The Hall–Kier alpha value is -2.62. The van der Waals surface area contributed by atoms with Gasteiger partial charge in [-0.15, -0.1) is 0 Å². The van der Waals surface area contributed by atoms with Crippen LogP contribution in [0.5, 0.6) is 0 Å². The predicted molar refractivity (Wildman–Crippen MR) is 85.9 cm³/mol. The van der Waals surface area contributed by atoms with Gasteiger partial charge in [0.1, 0.15) is 5.82 Å². The molecule has 1 heterocycles. The van der Waals surface area contributed by atoms with E-state index in [2.05, 4.69) is 0 Å². The maximum Gasteiger partial charge on any atom is 0.337 e. The Morgan fingerprint density at radius 1 is 1.05 bits per heavy atom. The number of benzene rings is 2. The molecule has 0 saturated heterocycles. The van der Waals surface area contributed by atoms with Gasteiger partial charge in [0.15, 0.2) is 0 Å². The van der Waals surface area contributed by atoms with Gasteiger partial charge in [-0.05, 0) is 48.5 Å². The zero-order valence-corrected chi connectivity index (χ0v) is 12.8. The molecule has 1 aromatic heterocycles. The lowest BCUT2D eigenvalue weighted by Gasteiger charge is -2.06. The number of rotatable bonds is 2. The first-order valence-electron chi connectivity index (χ1n) is 7.14. The second-order valence-electron chi connectivity index (χ2n) is 4.43. The lowest BCUT2D eigenvalue weighted by Crippen LogP contribution is -2.00. The Morgan fingerprint density at radius 3 is 2.36 bits per heavy atom. The molecule has 3 rings (SSSR count). The first-order valence-corrected chi connectivity index (χ1v) is 7.14. The monoisotopic (exact) mass is 299 g/mol. The fourth-order valence-electron chi connectivity index (χ4n) is 2.21. The van der Waals surface area contributed by atoms with Crippen LogP contribution in [0.1, 0.15) is 24.2 Å². The maximum absolute atomic E-state index is 13.0. The van der Waals surface area contributed by atoms with Gasteiger partial charge in [-0.1, -0.05) is 13.8 Å². The topological polar surface area (TPSA) is 31.2 Å². The van der Waals surface area contributed by atoms with E-state index in [1.807, 2.05) is 36.7 Å². The highest BCUT2D eigenvalue weighted by Gasteiger charge is 2.09. The number of fused-ring (bicyclic) bond motifs is 1. The summed E-state index contributed by atoms with van der Waals surface area (Å²) in [5, 5.41) is 0.928. The molecule has 0 fully saturated rings. The zero-order valence-electron chi connectivity index (χ0n) is 12.8. The van der Waals surface area contributed by atoms with E-state index in [1.165, 1.54) is 19.2 Å². The molecule has 3 aromatic rings. The Morgan fingerprint density at radius 2 is 1.73 bits per heavy atom. The second-order valence-corrected chi connectivity index (χ2v) is 4.43. The molecular formula is C18H18FNO2. The molecule has 2 aromatic carbocycles. The second kappa shape index (κ2) is 6.89. The molecular weight excluding hydrogens is 281 g/mol. The zero-order chi connectivity index (χ0) is 16.1. The van der Waals surface area contributed by atoms with Crippen LogP contribution in [0.2, 0.25) is 0 Å². The third-order valence-electron chi connectivity index (χ3n) is 3.22. The number of aromatic nitrogens is 1. The van der Waals surface area contributed by atoms with Crippen molar-refractivity contribution in [3.05, 3.63) is 66.1 Å². The van der Waals surface area contributed by atoms with E-state index in [9.17, 15) is 9.18 Å². The van der Waals surface area contributed by atoms with Crippen LogP contribution < -0.4 is 0 Å². The Balaban J connectivity index is 0.000000847. The Kier molecular flexibility index (Phi) is 4.94. The van der Waals surface area contributed by atoms with Gasteiger partial charge in [0.05, 0.1) is 18.2 Å². The number of carbonyl (C=O) groups is 1. The van der Waals surface area contributed by atoms with E-state index in [-0.39, 0.29) is 11.8 Å². The molecule has 0 bridgehead atoms. The number of halogens is 1. The number of carbonyl (C=O) groups excluding carboxylic acids is 1. The minimum absolute atomic E-state index is 0.266. The highest BCUT2D eigenvalue weighted by atomic mass is 19.1. The normalized spacial score (nSPS) is 10.0. The standard InChI is InChI=1S/C16H12FNO2.C2H6/c1-20-16(19)12-2-7-15-11(10-12)8-9-18(15)14-5-3-13(17)4-6-14;1-2/h2-10H,1H3;1-2H3. The van der Waals surface area contributed by atoms with Gasteiger partial charge in [0.2, 0.25) is 0 Å². The van der Waals surface area contributed by atoms with Crippen molar-refractivity contribution in [3.63, 3.8) is 0 Å². The molecule has 0 N–H and O–H groups in total. The van der Waals surface area contributed by atoms with E-state index in [0.717, 1.165) is 16.6 Å². The minimum atomic E-state index is -0.360. The first kappa shape index (κ1) is 15.8. The van der Waals surface area contributed by atoms with Gasteiger partial charge in [0, 0.05) is 17.3 Å². The number of methoxy groups -OCH3 is 1. The summed E-state index contributed by atoms with van der Waals surface area (Å²) in [6.45, 7) is 4.00. The quantitative estimate of drug-likeness (QED) is 0.648. The van der Waals surface area contributed by atoms with Gasteiger partial charge < -0.3 is 9.30 Å². The minimum Gasteiger partial charge on any atom is -0.465 e. The van der Waals surface area contributed by atoms with Crippen LogP contribution in [-0.2, 0) is 4.74 Å². The van der Waals surface area contributed by atoms with Gasteiger partial charge in [-0.2, -0.15) is 0 Å². The van der Waals surface area contributed by atoms with E-state index in [4.69, 9.17) is 4.74 Å². The smallest absolute Gasteiger partial charge is 0.337 e. The summed E-state index contributed by atoms with van der Waals surface area (Å²) < 4.78 is 19.6. The average molecular weight is 299 g/mol. The van der Waals surface area contributed by atoms with Crippen molar-refractivity contribution in [1.82, 2.24) is 4.57 Å². The van der Waals surface area contributed by atoms with Crippen LogP contribution in [-0.4, -0.2) is 17.6 Å². The molecule has 0 aliphatic carbocycles. The molecule has 0 aliphatic heterocycles. The van der Waals surface area contributed by atoms with Crippen molar-refractivity contribution < 1.29 is 13.9 Å². The molecule has 3 nitrogen and oxygen atoms in total. The molecule has 0 saturated carbocycles. The summed E-state index contributed by atoms with van der Waals surface area (Å²) in [6.07, 6.45) is 1.89. The fourth-order valence-corrected chi connectivity index (χ4v) is 2.21. The summed E-state index contributed by atoms with van der Waals surface area (Å²) in [5.41, 5.74) is 2.33. The van der Waals surface area contributed by atoms with E-state index in [1.54, 1.807) is 24.3 Å². The van der Waals surface area contributed by atoms with Crippen LogP contribution in [0, 0.1) is 5.82 Å². The lowest BCUT2D eigenvalue weighted by molar-refractivity contribution is 0.0601. The van der Waals surface area contributed by atoms with Crippen LogP contribution in [0.4, 0.5) is 4.39 Å². The van der Waals surface area contributed by atoms with Gasteiger partial charge in [-0.25, -0.2) is 9.18 Å². The van der Waals surface area contributed by atoms with Crippen LogP contribution >= 0.6 is 0 Å². The summed E-state index contributed by atoms with van der Waals surface area (Å²) >= 11 is 0. The maximum atomic E-state index is 13.0. The van der Waals surface area contributed by atoms with E-state index >= 15 is 0 Å². The molecule has 22 heavy (non-hydrogen) atoms. The van der Waals surface area contributed by atoms with Gasteiger partial charge >= 0.3 is 5.97 Å². The van der Waals surface area contributed by atoms with Crippen molar-refractivity contribution in [2.75, 3.05) is 7.11 Å². The number of hydrogen-bond donors (Lipinski definition) is 0.